The van der Waals surface area contributed by atoms with Gasteiger partial charge in [-0.3, -0.25) is 4.79 Å². The van der Waals surface area contributed by atoms with Crippen molar-refractivity contribution in [2.45, 2.75) is 11.8 Å². The molecule has 0 aliphatic carbocycles. The molecule has 1 fully saturated rings. The Bertz CT molecular complexity index is 483. The van der Waals surface area contributed by atoms with E-state index in [1.54, 1.807) is 0 Å². The Morgan fingerprint density at radius 1 is 1.56 bits per heavy atom. The van der Waals surface area contributed by atoms with Gasteiger partial charge in [0.05, 0.1) is 16.6 Å². The smallest absolute Gasteiger partial charge is 0.228 e. The Morgan fingerprint density at radius 3 is 2.88 bits per heavy atom. The van der Waals surface area contributed by atoms with Crippen molar-refractivity contribution in [2.24, 2.45) is 0 Å². The number of hydrogen-bond acceptors (Lipinski definition) is 2. The van der Waals surface area contributed by atoms with E-state index in [0.717, 1.165) is 0 Å². The van der Waals surface area contributed by atoms with Crippen molar-refractivity contribution in [3.05, 3.63) is 29.6 Å². The summed E-state index contributed by atoms with van der Waals surface area (Å²) in [5, 5.41) is 8.55. The van der Waals surface area contributed by atoms with Crippen molar-refractivity contribution in [3.8, 4) is 6.07 Å². The molecule has 0 aromatic heterocycles. The van der Waals surface area contributed by atoms with Crippen LogP contribution in [0.2, 0.25) is 0 Å². The van der Waals surface area contributed by atoms with E-state index in [2.05, 4.69) is 0 Å². The summed E-state index contributed by atoms with van der Waals surface area (Å²) in [6, 6.07) is 6.02. The Labute approximate surface area is 97.0 Å². The van der Waals surface area contributed by atoms with E-state index in [1.807, 2.05) is 6.07 Å². The van der Waals surface area contributed by atoms with Crippen molar-refractivity contribution in [1.82, 2.24) is 0 Å². The first kappa shape index (κ1) is 10.9. The van der Waals surface area contributed by atoms with Crippen molar-refractivity contribution in [1.29, 1.82) is 5.26 Å². The molecule has 2 rings (SSSR count). The average molecular weight is 239 g/mol. The van der Waals surface area contributed by atoms with E-state index in [0.29, 0.717) is 0 Å². The van der Waals surface area contributed by atoms with Gasteiger partial charge in [-0.1, -0.05) is 6.07 Å². The van der Waals surface area contributed by atoms with Gasteiger partial charge in [0, 0.05) is 13.0 Å². The lowest BCUT2D eigenvalue weighted by Crippen LogP contribution is -2.26. The van der Waals surface area contributed by atoms with Crippen LogP contribution in [0.1, 0.15) is 12.0 Å². The van der Waals surface area contributed by atoms with Gasteiger partial charge in [0.2, 0.25) is 5.91 Å². The monoisotopic (exact) mass is 238 g/mol. The highest BCUT2D eigenvalue weighted by Gasteiger charge is 2.32. The molecule has 0 radical (unpaired) electrons. The summed E-state index contributed by atoms with van der Waals surface area (Å²) in [6.07, 6.45) is 0.181. The molecule has 1 aromatic rings. The van der Waals surface area contributed by atoms with Gasteiger partial charge < -0.3 is 4.90 Å². The first-order valence-electron chi connectivity index (χ1n) is 4.76. The molecule has 0 N–H and O–H groups in total. The number of alkyl halides is 1. The maximum Gasteiger partial charge on any atom is 0.228 e. The molecule has 1 aromatic carbocycles. The second-order valence-corrected chi connectivity index (χ2v) is 4.17. The Kier molecular flexibility index (Phi) is 2.80. The topological polar surface area (TPSA) is 44.1 Å². The maximum absolute atomic E-state index is 13.6. The number of halogens is 2. The predicted molar refractivity (Wildman–Crippen MR) is 57.7 cm³/mol. The van der Waals surface area contributed by atoms with Crippen LogP contribution in [0.15, 0.2) is 18.2 Å². The van der Waals surface area contributed by atoms with E-state index in [4.69, 9.17) is 16.9 Å². The molecular weight excluding hydrogens is 231 g/mol. The van der Waals surface area contributed by atoms with Crippen molar-refractivity contribution < 1.29 is 9.18 Å². The van der Waals surface area contributed by atoms with Crippen LogP contribution in [0.5, 0.6) is 0 Å². The minimum absolute atomic E-state index is 0.0400. The van der Waals surface area contributed by atoms with E-state index in [9.17, 15) is 9.18 Å². The molecular formula is C11H8ClFN2O. The van der Waals surface area contributed by atoms with Crippen LogP contribution in [0.4, 0.5) is 10.1 Å². The summed E-state index contributed by atoms with van der Waals surface area (Å²) >= 11 is 5.83. The highest BCUT2D eigenvalue weighted by molar-refractivity contribution is 6.24. The van der Waals surface area contributed by atoms with E-state index in [1.165, 1.54) is 23.1 Å². The summed E-state index contributed by atoms with van der Waals surface area (Å²) < 4.78 is 13.6. The second kappa shape index (κ2) is 4.11. The predicted octanol–water partition coefficient (Wildman–Crippen LogP) is 2.04. The van der Waals surface area contributed by atoms with E-state index in [-0.39, 0.29) is 35.5 Å². The van der Waals surface area contributed by atoms with Gasteiger partial charge in [0.15, 0.2) is 0 Å². The van der Waals surface area contributed by atoms with Crippen LogP contribution in [-0.4, -0.2) is 17.8 Å². The summed E-state index contributed by atoms with van der Waals surface area (Å²) in [7, 11) is 0. The second-order valence-electron chi connectivity index (χ2n) is 3.55. The minimum atomic E-state index is -0.571. The molecule has 1 amide bonds. The Hall–Kier alpha value is -1.60. The number of amides is 1. The number of carbonyl (C=O) groups excluding carboxylic acids is 1. The maximum atomic E-state index is 13.6. The van der Waals surface area contributed by atoms with Gasteiger partial charge in [0.1, 0.15) is 11.9 Å². The van der Waals surface area contributed by atoms with Gasteiger partial charge >= 0.3 is 0 Å². The third-order valence-electron chi connectivity index (χ3n) is 2.45. The molecule has 82 valence electrons. The van der Waals surface area contributed by atoms with Gasteiger partial charge in [-0.25, -0.2) is 4.39 Å². The molecule has 0 saturated carbocycles. The first-order chi connectivity index (χ1) is 7.63. The molecule has 16 heavy (non-hydrogen) atoms. The largest absolute Gasteiger partial charge is 0.307 e. The highest BCUT2D eigenvalue weighted by atomic mass is 35.5. The molecule has 0 bridgehead atoms. The SMILES string of the molecule is N#Cc1cccc(F)c1N1CC(Cl)CC1=O. The van der Waals surface area contributed by atoms with Crippen LogP contribution in [0, 0.1) is 17.1 Å². The molecule has 1 saturated heterocycles. The molecule has 1 heterocycles. The number of hydrogen-bond donors (Lipinski definition) is 0. The molecule has 1 aliphatic rings. The number of para-hydroxylation sites is 1. The number of rotatable bonds is 1. The molecule has 1 aliphatic heterocycles. The Balaban J connectivity index is 2.48. The van der Waals surface area contributed by atoms with Crippen LogP contribution in [0.25, 0.3) is 0 Å². The van der Waals surface area contributed by atoms with Crippen LogP contribution in [0.3, 0.4) is 0 Å². The molecule has 1 unspecified atom stereocenters. The fourth-order valence-corrected chi connectivity index (χ4v) is 2.03. The zero-order valence-corrected chi connectivity index (χ0v) is 9.04. The summed E-state index contributed by atoms with van der Waals surface area (Å²) in [4.78, 5) is 12.8. The van der Waals surface area contributed by atoms with Crippen molar-refractivity contribution >= 4 is 23.2 Å². The lowest BCUT2D eigenvalue weighted by molar-refractivity contribution is -0.117. The van der Waals surface area contributed by atoms with Gasteiger partial charge in [-0.15, -0.1) is 11.6 Å². The van der Waals surface area contributed by atoms with Crippen molar-refractivity contribution in [2.75, 3.05) is 11.4 Å². The fraction of sp³-hybridized carbons (Fsp3) is 0.273. The van der Waals surface area contributed by atoms with Gasteiger partial charge in [0.25, 0.3) is 0 Å². The number of nitriles is 1. The first-order valence-corrected chi connectivity index (χ1v) is 5.20. The van der Waals surface area contributed by atoms with Crippen molar-refractivity contribution in [3.63, 3.8) is 0 Å². The summed E-state index contributed by atoms with van der Waals surface area (Å²) in [5.74, 6) is -0.820. The fourth-order valence-electron chi connectivity index (χ4n) is 1.76. The average Bonchev–Trinajstić information content (AvgIpc) is 2.57. The lowest BCUT2D eigenvalue weighted by atomic mass is 10.1. The lowest BCUT2D eigenvalue weighted by Gasteiger charge is -2.17. The quantitative estimate of drug-likeness (QED) is 0.703. The minimum Gasteiger partial charge on any atom is -0.307 e. The van der Waals surface area contributed by atoms with Crippen LogP contribution < -0.4 is 4.90 Å². The summed E-state index contributed by atoms with van der Waals surface area (Å²) in [6.45, 7) is 0.246. The van der Waals surface area contributed by atoms with Gasteiger partial charge in [-0.2, -0.15) is 5.26 Å². The number of anilines is 1. The van der Waals surface area contributed by atoms with Gasteiger partial charge in [-0.05, 0) is 12.1 Å². The van der Waals surface area contributed by atoms with Crippen LogP contribution >= 0.6 is 11.6 Å². The molecule has 5 heteroatoms. The zero-order chi connectivity index (χ0) is 11.7. The number of benzene rings is 1. The zero-order valence-electron chi connectivity index (χ0n) is 8.28. The summed E-state index contributed by atoms with van der Waals surface area (Å²) in [5.41, 5.74) is 0.192. The third-order valence-corrected chi connectivity index (χ3v) is 2.75. The van der Waals surface area contributed by atoms with E-state index < -0.39 is 5.82 Å². The van der Waals surface area contributed by atoms with Crippen LogP contribution in [-0.2, 0) is 4.79 Å². The molecule has 1 atom stereocenters. The Morgan fingerprint density at radius 2 is 2.31 bits per heavy atom. The highest BCUT2D eigenvalue weighted by Crippen LogP contribution is 2.29. The van der Waals surface area contributed by atoms with E-state index >= 15 is 0 Å². The third kappa shape index (κ3) is 1.74. The molecule has 3 nitrogen and oxygen atoms in total. The number of carbonyl (C=O) groups is 1. The molecule has 0 spiro atoms. The normalized spacial score (nSPS) is 19.9. The standard InChI is InChI=1S/C11H8ClFN2O/c12-8-4-10(16)15(6-8)11-7(5-14)2-1-3-9(11)13/h1-3,8H,4,6H2. The number of nitrogens with zero attached hydrogens (tertiary/aromatic N) is 2.